The summed E-state index contributed by atoms with van der Waals surface area (Å²) in [4.78, 5) is 4.30. The molecule has 0 fully saturated rings. The zero-order valence-electron chi connectivity index (χ0n) is 11.4. The molecular formula is C17H21N. The third kappa shape index (κ3) is 6.12. The molecule has 0 aliphatic rings. The number of aromatic nitrogens is 1. The molecule has 0 aliphatic carbocycles. The van der Waals surface area contributed by atoms with Gasteiger partial charge in [0.1, 0.15) is 5.69 Å². The van der Waals surface area contributed by atoms with Crippen molar-refractivity contribution in [1.82, 2.24) is 4.98 Å². The Balaban J connectivity index is 2.50. The zero-order chi connectivity index (χ0) is 13.1. The van der Waals surface area contributed by atoms with Crippen molar-refractivity contribution < 1.29 is 0 Å². The lowest BCUT2D eigenvalue weighted by Gasteiger charge is -1.91. The average Bonchev–Trinajstić information content (AvgIpc) is 2.41. The van der Waals surface area contributed by atoms with Crippen LogP contribution in [-0.2, 0) is 0 Å². The van der Waals surface area contributed by atoms with E-state index in [1.54, 1.807) is 0 Å². The molecule has 0 saturated heterocycles. The maximum Gasteiger partial charge on any atom is 0.113 e. The van der Waals surface area contributed by atoms with E-state index in [0.29, 0.717) is 0 Å². The predicted molar refractivity (Wildman–Crippen MR) is 77.0 cm³/mol. The Hall–Kier alpha value is -1.73. The lowest BCUT2D eigenvalue weighted by atomic mass is 10.2. The number of nitrogens with zero attached hydrogens (tertiary/aromatic N) is 1. The molecule has 0 bridgehead atoms. The van der Waals surface area contributed by atoms with Gasteiger partial charge in [-0.15, -0.1) is 0 Å². The SMILES string of the molecule is CCCCC#Cc1ccc(C#CCCCC)nc1. The van der Waals surface area contributed by atoms with Crippen LogP contribution in [0.1, 0.15) is 63.6 Å². The molecule has 0 radical (unpaired) electrons. The minimum atomic E-state index is 0.838. The van der Waals surface area contributed by atoms with Gasteiger partial charge in [0.25, 0.3) is 0 Å². The molecule has 0 N–H and O–H groups in total. The standard InChI is InChI=1S/C17H21N/c1-3-5-7-9-11-16-13-14-17(18-15-16)12-10-8-6-4-2/h13-15H,3-8H2,1-2H3. The summed E-state index contributed by atoms with van der Waals surface area (Å²) in [7, 11) is 0. The molecule has 18 heavy (non-hydrogen) atoms. The summed E-state index contributed by atoms with van der Waals surface area (Å²) in [5, 5.41) is 0. The molecule has 0 unspecified atom stereocenters. The van der Waals surface area contributed by atoms with Gasteiger partial charge < -0.3 is 0 Å². The van der Waals surface area contributed by atoms with Crippen LogP contribution in [-0.4, -0.2) is 4.98 Å². The first-order chi connectivity index (χ1) is 8.86. The van der Waals surface area contributed by atoms with Crippen LogP contribution in [0.2, 0.25) is 0 Å². The Morgan fingerprint density at radius 3 is 2.17 bits per heavy atom. The summed E-state index contributed by atoms with van der Waals surface area (Å²) in [5.41, 5.74) is 1.82. The summed E-state index contributed by atoms with van der Waals surface area (Å²) >= 11 is 0. The minimum Gasteiger partial charge on any atom is -0.246 e. The van der Waals surface area contributed by atoms with Gasteiger partial charge in [0, 0.05) is 24.6 Å². The van der Waals surface area contributed by atoms with E-state index >= 15 is 0 Å². The second-order valence-electron chi connectivity index (χ2n) is 4.24. The Bertz CT molecular complexity index is 403. The van der Waals surface area contributed by atoms with E-state index in [9.17, 15) is 0 Å². The van der Waals surface area contributed by atoms with Gasteiger partial charge in [-0.3, -0.25) is 0 Å². The summed E-state index contributed by atoms with van der Waals surface area (Å²) in [6.45, 7) is 4.35. The van der Waals surface area contributed by atoms with Gasteiger partial charge in [-0.1, -0.05) is 44.5 Å². The van der Waals surface area contributed by atoms with Gasteiger partial charge in [0.2, 0.25) is 0 Å². The Kier molecular flexibility index (Phi) is 7.42. The summed E-state index contributed by atoms with van der Waals surface area (Å²) in [6, 6.07) is 3.94. The van der Waals surface area contributed by atoms with Gasteiger partial charge in [-0.25, -0.2) is 4.98 Å². The summed E-state index contributed by atoms with van der Waals surface area (Å²) in [5.74, 6) is 12.5. The first-order valence-electron chi connectivity index (χ1n) is 6.80. The predicted octanol–water partition coefficient (Wildman–Crippen LogP) is 4.17. The number of rotatable bonds is 4. The summed E-state index contributed by atoms with van der Waals surface area (Å²) in [6.07, 6.45) is 8.44. The van der Waals surface area contributed by atoms with Crippen molar-refractivity contribution in [3.8, 4) is 23.7 Å². The van der Waals surface area contributed by atoms with Crippen LogP contribution in [0.25, 0.3) is 0 Å². The van der Waals surface area contributed by atoms with Crippen LogP contribution < -0.4 is 0 Å². The van der Waals surface area contributed by atoms with E-state index in [1.165, 1.54) is 19.3 Å². The maximum absolute atomic E-state index is 4.30. The topological polar surface area (TPSA) is 12.9 Å². The van der Waals surface area contributed by atoms with E-state index in [1.807, 2.05) is 18.3 Å². The molecule has 1 aromatic rings. The highest BCUT2D eigenvalue weighted by Gasteiger charge is 1.89. The van der Waals surface area contributed by atoms with Gasteiger partial charge in [-0.05, 0) is 30.9 Å². The zero-order valence-corrected chi connectivity index (χ0v) is 11.4. The number of hydrogen-bond donors (Lipinski definition) is 0. The van der Waals surface area contributed by atoms with Crippen molar-refractivity contribution in [2.75, 3.05) is 0 Å². The van der Waals surface area contributed by atoms with Crippen molar-refractivity contribution in [3.05, 3.63) is 29.6 Å². The van der Waals surface area contributed by atoms with Crippen molar-refractivity contribution in [1.29, 1.82) is 0 Å². The molecular weight excluding hydrogens is 218 g/mol. The molecule has 1 aromatic heterocycles. The molecule has 0 aromatic carbocycles. The second kappa shape index (κ2) is 9.32. The van der Waals surface area contributed by atoms with E-state index in [0.717, 1.165) is 30.5 Å². The Morgan fingerprint density at radius 2 is 1.61 bits per heavy atom. The first kappa shape index (κ1) is 14.3. The van der Waals surface area contributed by atoms with Crippen LogP contribution in [0, 0.1) is 23.7 Å². The Morgan fingerprint density at radius 1 is 0.944 bits per heavy atom. The lowest BCUT2D eigenvalue weighted by Crippen LogP contribution is -1.83. The number of unbranched alkanes of at least 4 members (excludes halogenated alkanes) is 4. The molecule has 0 aliphatic heterocycles. The van der Waals surface area contributed by atoms with Crippen LogP contribution in [0.3, 0.4) is 0 Å². The quantitative estimate of drug-likeness (QED) is 0.568. The van der Waals surface area contributed by atoms with Crippen LogP contribution in [0.5, 0.6) is 0 Å². The third-order valence-electron chi connectivity index (χ3n) is 2.52. The lowest BCUT2D eigenvalue weighted by molar-refractivity contribution is 0.828. The highest BCUT2D eigenvalue weighted by molar-refractivity contribution is 5.36. The smallest absolute Gasteiger partial charge is 0.113 e. The van der Waals surface area contributed by atoms with Crippen molar-refractivity contribution in [2.45, 2.75) is 52.4 Å². The van der Waals surface area contributed by atoms with Crippen LogP contribution in [0.4, 0.5) is 0 Å². The molecule has 0 saturated carbocycles. The van der Waals surface area contributed by atoms with E-state index in [2.05, 4.69) is 42.5 Å². The number of hydrogen-bond acceptors (Lipinski definition) is 1. The largest absolute Gasteiger partial charge is 0.246 e. The Labute approximate surface area is 111 Å². The van der Waals surface area contributed by atoms with Gasteiger partial charge in [-0.2, -0.15) is 0 Å². The van der Waals surface area contributed by atoms with E-state index < -0.39 is 0 Å². The molecule has 1 rings (SSSR count). The first-order valence-corrected chi connectivity index (χ1v) is 6.80. The highest BCUT2D eigenvalue weighted by atomic mass is 14.7. The van der Waals surface area contributed by atoms with Crippen molar-refractivity contribution >= 4 is 0 Å². The van der Waals surface area contributed by atoms with Crippen molar-refractivity contribution in [2.24, 2.45) is 0 Å². The van der Waals surface area contributed by atoms with Crippen LogP contribution in [0.15, 0.2) is 18.3 Å². The average molecular weight is 239 g/mol. The van der Waals surface area contributed by atoms with E-state index in [4.69, 9.17) is 0 Å². The fourth-order valence-electron chi connectivity index (χ4n) is 1.39. The molecule has 0 spiro atoms. The van der Waals surface area contributed by atoms with Crippen molar-refractivity contribution in [3.63, 3.8) is 0 Å². The van der Waals surface area contributed by atoms with Gasteiger partial charge in [0.05, 0.1) is 0 Å². The second-order valence-corrected chi connectivity index (χ2v) is 4.24. The molecule has 94 valence electrons. The normalized spacial score (nSPS) is 9.00. The molecule has 0 amide bonds. The molecule has 1 heterocycles. The van der Waals surface area contributed by atoms with Gasteiger partial charge in [0.15, 0.2) is 0 Å². The van der Waals surface area contributed by atoms with Crippen LogP contribution >= 0.6 is 0 Å². The number of pyridine rings is 1. The maximum atomic E-state index is 4.30. The third-order valence-corrected chi connectivity index (χ3v) is 2.52. The monoisotopic (exact) mass is 239 g/mol. The molecule has 1 nitrogen and oxygen atoms in total. The fourth-order valence-corrected chi connectivity index (χ4v) is 1.39. The highest BCUT2D eigenvalue weighted by Crippen LogP contribution is 1.99. The van der Waals surface area contributed by atoms with E-state index in [-0.39, 0.29) is 0 Å². The minimum absolute atomic E-state index is 0.838. The summed E-state index contributed by atoms with van der Waals surface area (Å²) < 4.78 is 0. The molecule has 1 heteroatoms. The fraction of sp³-hybridized carbons (Fsp3) is 0.471. The molecule has 0 atom stereocenters. The van der Waals surface area contributed by atoms with Gasteiger partial charge >= 0.3 is 0 Å².